The molecule has 3 heterocycles. The molecule has 0 amide bonds. The maximum atomic E-state index is 13.9. The van der Waals surface area contributed by atoms with E-state index in [1.165, 1.54) is 4.57 Å². The van der Waals surface area contributed by atoms with Crippen LogP contribution in [0.25, 0.3) is 5.69 Å². The van der Waals surface area contributed by atoms with Crippen LogP contribution in [0.2, 0.25) is 0 Å². The molecule has 0 atom stereocenters. The van der Waals surface area contributed by atoms with Gasteiger partial charge in [-0.3, -0.25) is 4.57 Å². The minimum Gasteiger partial charge on any atom is -0.492 e. The molecule has 9 heteroatoms. The number of aryl methyl sites for hydroxylation is 1. The second-order valence-electron chi connectivity index (χ2n) is 6.47. The second-order valence-corrected chi connectivity index (χ2v) is 7.27. The van der Waals surface area contributed by atoms with E-state index >= 15 is 0 Å². The summed E-state index contributed by atoms with van der Waals surface area (Å²) in [5.74, 6) is 1.12. The van der Waals surface area contributed by atoms with Crippen LogP contribution in [0.1, 0.15) is 36.6 Å². The van der Waals surface area contributed by atoms with Gasteiger partial charge in [-0.2, -0.15) is 13.2 Å². The lowest BCUT2D eigenvalue weighted by atomic mass is 9.94. The predicted octanol–water partition coefficient (Wildman–Crippen LogP) is 3.95. The minimum atomic E-state index is -4.55. The van der Waals surface area contributed by atoms with Gasteiger partial charge in [0.2, 0.25) is 0 Å². The summed E-state index contributed by atoms with van der Waals surface area (Å²) in [7, 11) is 0. The number of anilines is 1. The molecule has 0 radical (unpaired) electrons. The monoisotopic (exact) mass is 402 g/mol. The summed E-state index contributed by atoms with van der Waals surface area (Å²) in [5.41, 5.74) is -0.197. The number of benzene rings is 1. The highest BCUT2D eigenvalue weighted by molar-refractivity contribution is 9.10. The molecule has 5 nitrogen and oxygen atoms in total. The Bertz CT molecular complexity index is 873. The number of nitrogens with one attached hydrogen (secondary N) is 1. The topological polar surface area (TPSA) is 52.0 Å². The Balaban J connectivity index is 2.18. The van der Waals surface area contributed by atoms with E-state index in [0.717, 1.165) is 5.56 Å². The first-order valence-electron chi connectivity index (χ1n) is 7.42. The lowest BCUT2D eigenvalue weighted by Gasteiger charge is -2.36. The van der Waals surface area contributed by atoms with Crippen molar-refractivity contribution in [2.24, 2.45) is 0 Å². The maximum Gasteiger partial charge on any atom is 0.419 e. The molecule has 0 unspecified atom stereocenters. The molecule has 1 N–H and O–H groups in total. The van der Waals surface area contributed by atoms with Crippen molar-refractivity contribution in [3.05, 3.63) is 27.2 Å². The van der Waals surface area contributed by atoms with Crippen LogP contribution >= 0.6 is 15.9 Å². The van der Waals surface area contributed by atoms with Crippen LogP contribution in [0.5, 0.6) is 5.75 Å². The summed E-state index contributed by atoms with van der Waals surface area (Å²) in [6.07, 6.45) is -4.00. The molecule has 4 rings (SSSR count). The molecule has 2 aromatic rings. The first-order chi connectivity index (χ1) is 11.1. The van der Waals surface area contributed by atoms with Crippen molar-refractivity contribution >= 4 is 21.6 Å². The molecule has 1 aromatic carbocycles. The number of nitrogens with zero attached hydrogens (tertiary/aromatic N) is 3. The number of rotatable bonds is 0. The van der Waals surface area contributed by atoms with E-state index in [2.05, 4.69) is 31.4 Å². The van der Waals surface area contributed by atoms with Gasteiger partial charge < -0.3 is 10.1 Å². The number of fused-ring (bicyclic) bond motifs is 5. The fraction of sp³-hybridized carbons (Fsp3) is 0.467. The Kier molecular flexibility index (Phi) is 3.05. The third kappa shape index (κ3) is 1.93. The Hall–Kier alpha value is -1.77. The third-order valence-corrected chi connectivity index (χ3v) is 5.15. The van der Waals surface area contributed by atoms with Crippen LogP contribution in [0.4, 0.5) is 18.9 Å². The van der Waals surface area contributed by atoms with Gasteiger partial charge in [0.1, 0.15) is 11.6 Å². The van der Waals surface area contributed by atoms with Gasteiger partial charge in [0.25, 0.3) is 0 Å². The highest BCUT2D eigenvalue weighted by Gasteiger charge is 2.46. The van der Waals surface area contributed by atoms with E-state index in [4.69, 9.17) is 4.74 Å². The van der Waals surface area contributed by atoms with Gasteiger partial charge in [-0.15, -0.1) is 10.2 Å². The molecule has 0 fully saturated rings. The van der Waals surface area contributed by atoms with Crippen LogP contribution in [0.3, 0.4) is 0 Å². The number of hydrogen-bond acceptors (Lipinski definition) is 4. The van der Waals surface area contributed by atoms with Gasteiger partial charge in [0.05, 0.1) is 33.6 Å². The van der Waals surface area contributed by atoms with Crippen molar-refractivity contribution in [3.63, 3.8) is 0 Å². The van der Waals surface area contributed by atoms with Crippen molar-refractivity contribution in [2.75, 3.05) is 11.9 Å². The fourth-order valence-corrected chi connectivity index (χ4v) is 4.16. The highest BCUT2D eigenvalue weighted by atomic mass is 79.9. The molecule has 0 spiro atoms. The average Bonchev–Trinajstić information content (AvgIpc) is 3.06. The molecule has 0 saturated carbocycles. The number of hydrogen-bond donors (Lipinski definition) is 1. The molecule has 0 saturated heterocycles. The normalized spacial score (nSPS) is 17.6. The summed E-state index contributed by atoms with van der Waals surface area (Å²) in [6.45, 7) is 5.75. The largest absolute Gasteiger partial charge is 0.492 e. The predicted molar refractivity (Wildman–Crippen MR) is 84.6 cm³/mol. The van der Waals surface area contributed by atoms with E-state index in [9.17, 15) is 13.2 Å². The fourth-order valence-electron chi connectivity index (χ4n) is 3.40. The molecular weight excluding hydrogens is 389 g/mol. The number of halogens is 4. The van der Waals surface area contributed by atoms with Crippen molar-refractivity contribution in [1.82, 2.24) is 14.8 Å². The van der Waals surface area contributed by atoms with Crippen LogP contribution < -0.4 is 10.1 Å². The van der Waals surface area contributed by atoms with Gasteiger partial charge in [-0.25, -0.2) is 0 Å². The van der Waals surface area contributed by atoms with E-state index in [-0.39, 0.29) is 15.9 Å². The standard InChI is InChI=1S/C15H14BrF3N4O/c1-6-21-22-13-14(2,3)20-10-7-4-5-24-12(7)9(16)8(15(17,18)19)11(10)23(6)13/h20H,4-5H2,1-3H3. The second kappa shape index (κ2) is 4.65. The molecule has 1 aromatic heterocycles. The Morgan fingerprint density at radius 3 is 2.67 bits per heavy atom. The first kappa shape index (κ1) is 15.7. The van der Waals surface area contributed by atoms with Gasteiger partial charge in [0.15, 0.2) is 5.82 Å². The molecular formula is C15H14BrF3N4O. The highest BCUT2D eigenvalue weighted by Crippen LogP contribution is 2.53. The summed E-state index contributed by atoms with van der Waals surface area (Å²) >= 11 is 3.11. The Morgan fingerprint density at radius 1 is 1.29 bits per heavy atom. The lowest BCUT2D eigenvalue weighted by molar-refractivity contribution is -0.138. The van der Waals surface area contributed by atoms with Crippen LogP contribution in [-0.2, 0) is 18.1 Å². The third-order valence-electron chi connectivity index (χ3n) is 4.40. The van der Waals surface area contributed by atoms with E-state index in [0.29, 0.717) is 30.4 Å². The zero-order chi connectivity index (χ0) is 17.4. The molecule has 2 aliphatic rings. The summed E-state index contributed by atoms with van der Waals surface area (Å²) in [6, 6.07) is 0. The van der Waals surface area contributed by atoms with Crippen molar-refractivity contribution < 1.29 is 17.9 Å². The molecule has 128 valence electrons. The SMILES string of the molecule is Cc1nnc2n1-c1c(c3c(c(Br)c1C(F)(F)F)OCC3)NC2(C)C. The molecule has 0 bridgehead atoms. The number of aromatic nitrogens is 3. The van der Waals surface area contributed by atoms with Crippen molar-refractivity contribution in [1.29, 1.82) is 0 Å². The molecule has 24 heavy (non-hydrogen) atoms. The zero-order valence-corrected chi connectivity index (χ0v) is 14.8. The molecule has 0 aliphatic carbocycles. The van der Waals surface area contributed by atoms with Crippen LogP contribution in [0.15, 0.2) is 4.47 Å². The zero-order valence-electron chi connectivity index (χ0n) is 13.2. The Labute approximate surface area is 144 Å². The smallest absolute Gasteiger partial charge is 0.419 e. The average molecular weight is 403 g/mol. The minimum absolute atomic E-state index is 0.0375. The summed E-state index contributed by atoms with van der Waals surface area (Å²) < 4.78 is 48.5. The lowest BCUT2D eigenvalue weighted by Crippen LogP contribution is -2.37. The van der Waals surface area contributed by atoms with Gasteiger partial charge in [0, 0.05) is 12.0 Å². The van der Waals surface area contributed by atoms with E-state index < -0.39 is 17.3 Å². The maximum absolute atomic E-state index is 13.9. The van der Waals surface area contributed by atoms with Gasteiger partial charge >= 0.3 is 6.18 Å². The van der Waals surface area contributed by atoms with Crippen LogP contribution in [-0.4, -0.2) is 21.4 Å². The van der Waals surface area contributed by atoms with E-state index in [1.54, 1.807) is 6.92 Å². The summed E-state index contributed by atoms with van der Waals surface area (Å²) in [5, 5.41) is 11.3. The van der Waals surface area contributed by atoms with Crippen LogP contribution in [0, 0.1) is 6.92 Å². The van der Waals surface area contributed by atoms with Gasteiger partial charge in [-0.1, -0.05) is 0 Å². The van der Waals surface area contributed by atoms with Crippen molar-refractivity contribution in [2.45, 2.75) is 38.9 Å². The Morgan fingerprint density at radius 2 is 2.00 bits per heavy atom. The molecule has 2 aliphatic heterocycles. The first-order valence-corrected chi connectivity index (χ1v) is 8.21. The van der Waals surface area contributed by atoms with E-state index in [1.807, 2.05) is 13.8 Å². The van der Waals surface area contributed by atoms with Gasteiger partial charge in [-0.05, 0) is 36.7 Å². The number of alkyl halides is 3. The summed E-state index contributed by atoms with van der Waals surface area (Å²) in [4.78, 5) is 0. The quantitative estimate of drug-likeness (QED) is 0.724. The number of ether oxygens (including phenoxy) is 1. The van der Waals surface area contributed by atoms with Crippen molar-refractivity contribution in [3.8, 4) is 11.4 Å².